The highest BCUT2D eigenvalue weighted by atomic mass is 32.2. The lowest BCUT2D eigenvalue weighted by Gasteiger charge is -2.14. The van der Waals surface area contributed by atoms with E-state index in [0.29, 0.717) is 19.0 Å². The van der Waals surface area contributed by atoms with Crippen LogP contribution in [0.4, 0.5) is 4.39 Å². The largest absolute Gasteiger partial charge is 0.355 e. The number of guanidine groups is 1. The third-order valence-corrected chi connectivity index (χ3v) is 5.26. The normalized spacial score (nSPS) is 12.2. The number of benzene rings is 1. The van der Waals surface area contributed by atoms with E-state index >= 15 is 0 Å². The third kappa shape index (κ3) is 7.50. The molecule has 0 unspecified atom stereocenters. The molecule has 24 heavy (non-hydrogen) atoms. The molecule has 0 aliphatic rings. The van der Waals surface area contributed by atoms with Gasteiger partial charge >= 0.3 is 0 Å². The molecule has 0 saturated heterocycles. The molecule has 6 nitrogen and oxygen atoms in total. The van der Waals surface area contributed by atoms with Crippen molar-refractivity contribution in [1.82, 2.24) is 15.4 Å². The van der Waals surface area contributed by atoms with E-state index in [1.54, 1.807) is 37.9 Å². The Bertz CT molecular complexity index is 651. The molecule has 0 aliphatic heterocycles. The van der Waals surface area contributed by atoms with Crippen LogP contribution in [0.15, 0.2) is 23.2 Å². The second-order valence-electron chi connectivity index (χ2n) is 5.00. The van der Waals surface area contributed by atoms with E-state index in [1.165, 1.54) is 6.07 Å². The van der Waals surface area contributed by atoms with Crippen molar-refractivity contribution in [3.05, 3.63) is 35.1 Å². The lowest BCUT2D eigenvalue weighted by atomic mass is 10.1. The topological polar surface area (TPSA) is 82.6 Å². The van der Waals surface area contributed by atoms with Gasteiger partial charge in [-0.2, -0.15) is 11.8 Å². The first-order chi connectivity index (χ1) is 11.4. The van der Waals surface area contributed by atoms with Crippen LogP contribution in [0.5, 0.6) is 0 Å². The number of aliphatic imine (C=N–C) groups is 1. The molecular weight excluding hydrogens is 351 g/mol. The minimum Gasteiger partial charge on any atom is -0.355 e. The van der Waals surface area contributed by atoms with Gasteiger partial charge in [-0.05, 0) is 36.4 Å². The Morgan fingerprint density at radius 1 is 1.25 bits per heavy atom. The Balaban J connectivity index is 2.50. The van der Waals surface area contributed by atoms with Crippen LogP contribution in [0.1, 0.15) is 18.1 Å². The molecule has 1 aromatic rings. The Morgan fingerprint density at radius 2 is 2.00 bits per heavy atom. The van der Waals surface area contributed by atoms with Crippen LogP contribution < -0.4 is 15.4 Å². The van der Waals surface area contributed by atoms with Crippen molar-refractivity contribution >= 4 is 27.7 Å². The molecular formula is C15H25FN4O2S2. The van der Waals surface area contributed by atoms with Gasteiger partial charge in [0.1, 0.15) is 5.82 Å². The van der Waals surface area contributed by atoms with Gasteiger partial charge in [0.25, 0.3) is 0 Å². The zero-order chi connectivity index (χ0) is 18.0. The summed E-state index contributed by atoms with van der Waals surface area (Å²) in [5.41, 5.74) is 1.95. The van der Waals surface area contributed by atoms with Gasteiger partial charge in [-0.1, -0.05) is 6.07 Å². The summed E-state index contributed by atoms with van der Waals surface area (Å²) < 4.78 is 38.5. The first-order valence-corrected chi connectivity index (χ1v) is 10.6. The molecule has 0 radical (unpaired) electrons. The maximum absolute atomic E-state index is 13.3. The van der Waals surface area contributed by atoms with E-state index in [4.69, 9.17) is 0 Å². The van der Waals surface area contributed by atoms with Gasteiger partial charge < -0.3 is 10.6 Å². The predicted octanol–water partition coefficient (Wildman–Crippen LogP) is 1.29. The van der Waals surface area contributed by atoms with E-state index in [9.17, 15) is 12.8 Å². The summed E-state index contributed by atoms with van der Waals surface area (Å²) in [6.07, 6.45) is 1.97. The van der Waals surface area contributed by atoms with Crippen molar-refractivity contribution in [1.29, 1.82) is 0 Å². The molecule has 0 heterocycles. The van der Waals surface area contributed by atoms with Crippen LogP contribution >= 0.6 is 11.8 Å². The van der Waals surface area contributed by atoms with Gasteiger partial charge in [0.05, 0.1) is 5.75 Å². The summed E-state index contributed by atoms with van der Waals surface area (Å²) in [5.74, 6) is 1.11. The first-order valence-electron chi connectivity index (χ1n) is 7.60. The molecule has 0 spiro atoms. The van der Waals surface area contributed by atoms with E-state index in [0.717, 1.165) is 16.9 Å². The smallest absolute Gasteiger partial charge is 0.211 e. The quantitative estimate of drug-likeness (QED) is 0.344. The van der Waals surface area contributed by atoms with E-state index in [-0.39, 0.29) is 18.1 Å². The maximum Gasteiger partial charge on any atom is 0.211 e. The number of hydrogen-bond acceptors (Lipinski definition) is 4. The van der Waals surface area contributed by atoms with Crippen LogP contribution in [0, 0.1) is 5.82 Å². The van der Waals surface area contributed by atoms with Crippen LogP contribution in [-0.2, 0) is 22.3 Å². The molecule has 1 aromatic carbocycles. The van der Waals surface area contributed by atoms with Crippen LogP contribution in [0.3, 0.4) is 0 Å². The molecule has 0 amide bonds. The van der Waals surface area contributed by atoms with Crippen molar-refractivity contribution in [2.75, 3.05) is 32.1 Å². The van der Waals surface area contributed by atoms with Crippen molar-refractivity contribution in [2.24, 2.45) is 4.99 Å². The lowest BCUT2D eigenvalue weighted by Crippen LogP contribution is -2.41. The Morgan fingerprint density at radius 3 is 2.62 bits per heavy atom. The van der Waals surface area contributed by atoms with Gasteiger partial charge in [0, 0.05) is 32.4 Å². The molecule has 1 rings (SSSR count). The fourth-order valence-corrected chi connectivity index (χ4v) is 3.14. The number of thioether (sulfide) groups is 1. The SMILES string of the molecule is CCS(=O)(=O)NCCNC(=NC)NCc1ccc(F)cc1CSC. The molecule has 9 heteroatoms. The fraction of sp³-hybridized carbons (Fsp3) is 0.533. The number of nitrogens with zero attached hydrogens (tertiary/aromatic N) is 1. The summed E-state index contributed by atoms with van der Waals surface area (Å²) in [7, 11) is -1.55. The summed E-state index contributed by atoms with van der Waals surface area (Å²) in [5, 5.41) is 6.18. The second-order valence-corrected chi connectivity index (χ2v) is 7.96. The van der Waals surface area contributed by atoms with Gasteiger partial charge in [-0.25, -0.2) is 17.5 Å². The molecule has 0 fully saturated rings. The van der Waals surface area contributed by atoms with Crippen LogP contribution in [0.2, 0.25) is 0 Å². The fourth-order valence-electron chi connectivity index (χ4n) is 1.95. The molecule has 136 valence electrons. The third-order valence-electron chi connectivity index (χ3n) is 3.26. The van der Waals surface area contributed by atoms with E-state index in [2.05, 4.69) is 20.3 Å². The summed E-state index contributed by atoms with van der Waals surface area (Å²) >= 11 is 1.63. The number of rotatable bonds is 9. The van der Waals surface area contributed by atoms with Gasteiger partial charge in [0.2, 0.25) is 10.0 Å². The number of nitrogens with one attached hydrogen (secondary N) is 3. The standard InChI is InChI=1S/C15H25FN4O2S2/c1-4-24(21,22)20-8-7-18-15(17-2)19-10-12-5-6-14(16)9-13(12)11-23-3/h5-6,9,20H,4,7-8,10-11H2,1-3H3,(H2,17,18,19). The zero-order valence-corrected chi connectivity index (χ0v) is 15.9. The molecule has 0 bridgehead atoms. The number of sulfonamides is 1. The van der Waals surface area contributed by atoms with Crippen molar-refractivity contribution in [2.45, 2.75) is 19.2 Å². The Labute approximate surface area is 147 Å². The molecule has 0 saturated carbocycles. The first kappa shape index (κ1) is 20.7. The lowest BCUT2D eigenvalue weighted by molar-refractivity contribution is 0.581. The maximum atomic E-state index is 13.3. The van der Waals surface area contributed by atoms with Gasteiger partial charge in [0.15, 0.2) is 5.96 Å². The molecule has 0 aromatic heterocycles. The van der Waals surface area contributed by atoms with Gasteiger partial charge in [-0.3, -0.25) is 4.99 Å². The van der Waals surface area contributed by atoms with Crippen LogP contribution in [0.25, 0.3) is 0 Å². The molecule has 0 aliphatic carbocycles. The minimum absolute atomic E-state index is 0.0583. The molecule has 3 N–H and O–H groups in total. The summed E-state index contributed by atoms with van der Waals surface area (Å²) in [4.78, 5) is 4.09. The van der Waals surface area contributed by atoms with E-state index in [1.807, 2.05) is 6.26 Å². The van der Waals surface area contributed by atoms with E-state index < -0.39 is 10.0 Å². The van der Waals surface area contributed by atoms with Gasteiger partial charge in [-0.15, -0.1) is 0 Å². The second kappa shape index (κ2) is 10.5. The highest BCUT2D eigenvalue weighted by Crippen LogP contribution is 2.16. The Hall–Kier alpha value is -1.32. The van der Waals surface area contributed by atoms with Crippen molar-refractivity contribution in [3.63, 3.8) is 0 Å². The Kier molecular flexibility index (Phi) is 9.09. The number of halogens is 1. The van der Waals surface area contributed by atoms with Crippen LogP contribution in [-0.4, -0.2) is 46.5 Å². The summed E-state index contributed by atoms with van der Waals surface area (Å²) in [6.45, 7) is 2.80. The molecule has 0 atom stereocenters. The average molecular weight is 377 g/mol. The predicted molar refractivity (Wildman–Crippen MR) is 99.3 cm³/mol. The number of hydrogen-bond donors (Lipinski definition) is 3. The zero-order valence-electron chi connectivity index (χ0n) is 14.2. The van der Waals surface area contributed by atoms with Crippen molar-refractivity contribution in [3.8, 4) is 0 Å². The summed E-state index contributed by atoms with van der Waals surface area (Å²) in [6, 6.07) is 4.75. The highest BCUT2D eigenvalue weighted by Gasteiger charge is 2.07. The van der Waals surface area contributed by atoms with Crippen molar-refractivity contribution < 1.29 is 12.8 Å². The monoisotopic (exact) mass is 376 g/mol. The highest BCUT2D eigenvalue weighted by molar-refractivity contribution is 7.97. The minimum atomic E-state index is -3.18. The average Bonchev–Trinajstić information content (AvgIpc) is 2.56.